The van der Waals surface area contributed by atoms with E-state index in [1.165, 1.54) is 0 Å². The second kappa shape index (κ2) is 5.82. The van der Waals surface area contributed by atoms with Crippen molar-refractivity contribution in [3.05, 3.63) is 40.5 Å². The summed E-state index contributed by atoms with van der Waals surface area (Å²) in [6, 6.07) is 7.65. The third kappa shape index (κ3) is 3.20. The highest BCUT2D eigenvalue weighted by atomic mass is 79.9. The van der Waals surface area contributed by atoms with E-state index in [0.29, 0.717) is 11.8 Å². The minimum absolute atomic E-state index is 0.569. The number of hydrogen-bond acceptors (Lipinski definition) is 4. The topological polar surface area (TPSA) is 47.0 Å². The second-order valence-electron chi connectivity index (χ2n) is 3.77. The SMILES string of the molecule is CCNc1ncc(C)c(Oc2cccc(Br)c2)n1. The van der Waals surface area contributed by atoms with Crippen molar-refractivity contribution >= 4 is 21.9 Å². The molecule has 1 N–H and O–H groups in total. The van der Waals surface area contributed by atoms with E-state index in [1.54, 1.807) is 6.20 Å². The van der Waals surface area contributed by atoms with Crippen molar-refractivity contribution < 1.29 is 4.74 Å². The van der Waals surface area contributed by atoms with Gasteiger partial charge in [-0.15, -0.1) is 0 Å². The Morgan fingerprint density at radius 2 is 2.22 bits per heavy atom. The highest BCUT2D eigenvalue weighted by molar-refractivity contribution is 9.10. The molecule has 0 bridgehead atoms. The van der Waals surface area contributed by atoms with Crippen LogP contribution in [0.15, 0.2) is 34.9 Å². The van der Waals surface area contributed by atoms with Gasteiger partial charge in [0.15, 0.2) is 0 Å². The van der Waals surface area contributed by atoms with Crippen molar-refractivity contribution in [3.63, 3.8) is 0 Å². The summed E-state index contributed by atoms with van der Waals surface area (Å²) in [5.74, 6) is 1.89. The molecule has 0 saturated heterocycles. The normalized spacial score (nSPS) is 10.2. The molecule has 1 aromatic carbocycles. The van der Waals surface area contributed by atoms with Crippen LogP contribution in [0.3, 0.4) is 0 Å². The summed E-state index contributed by atoms with van der Waals surface area (Å²) in [6.45, 7) is 4.69. The van der Waals surface area contributed by atoms with Crippen LogP contribution in [0.4, 0.5) is 5.95 Å². The number of benzene rings is 1. The van der Waals surface area contributed by atoms with Crippen LogP contribution in [-0.4, -0.2) is 16.5 Å². The lowest BCUT2D eigenvalue weighted by Crippen LogP contribution is -2.03. The molecule has 0 atom stereocenters. The summed E-state index contributed by atoms with van der Waals surface area (Å²) >= 11 is 3.41. The molecule has 0 amide bonds. The first-order valence-corrected chi connectivity index (χ1v) is 6.49. The van der Waals surface area contributed by atoms with Crippen molar-refractivity contribution in [1.82, 2.24) is 9.97 Å². The van der Waals surface area contributed by atoms with Crippen molar-refractivity contribution in [1.29, 1.82) is 0 Å². The third-order valence-corrected chi connectivity index (χ3v) is 2.76. The van der Waals surface area contributed by atoms with E-state index in [4.69, 9.17) is 4.74 Å². The second-order valence-corrected chi connectivity index (χ2v) is 4.69. The van der Waals surface area contributed by atoms with Crippen molar-refractivity contribution in [2.45, 2.75) is 13.8 Å². The van der Waals surface area contributed by atoms with Gasteiger partial charge in [0, 0.05) is 22.8 Å². The molecule has 0 aliphatic heterocycles. The van der Waals surface area contributed by atoms with Gasteiger partial charge in [-0.05, 0) is 32.0 Å². The zero-order valence-electron chi connectivity index (χ0n) is 10.3. The van der Waals surface area contributed by atoms with Crippen molar-refractivity contribution in [2.24, 2.45) is 0 Å². The van der Waals surface area contributed by atoms with Gasteiger partial charge in [-0.2, -0.15) is 4.98 Å². The number of nitrogens with one attached hydrogen (secondary N) is 1. The maximum atomic E-state index is 5.76. The van der Waals surface area contributed by atoms with Gasteiger partial charge in [-0.3, -0.25) is 0 Å². The lowest BCUT2D eigenvalue weighted by atomic mass is 10.3. The summed E-state index contributed by atoms with van der Waals surface area (Å²) in [5.41, 5.74) is 0.900. The number of hydrogen-bond donors (Lipinski definition) is 1. The van der Waals surface area contributed by atoms with Crippen LogP contribution in [0.5, 0.6) is 11.6 Å². The summed E-state index contributed by atoms with van der Waals surface area (Å²) in [4.78, 5) is 8.50. The third-order valence-electron chi connectivity index (χ3n) is 2.27. The van der Waals surface area contributed by atoms with Crippen LogP contribution in [-0.2, 0) is 0 Å². The minimum Gasteiger partial charge on any atom is -0.439 e. The summed E-state index contributed by atoms with van der Waals surface area (Å²) in [7, 11) is 0. The summed E-state index contributed by atoms with van der Waals surface area (Å²) < 4.78 is 6.73. The van der Waals surface area contributed by atoms with Gasteiger partial charge < -0.3 is 10.1 Å². The Kier molecular flexibility index (Phi) is 4.15. The molecule has 0 aliphatic rings. The van der Waals surface area contributed by atoms with Gasteiger partial charge in [-0.25, -0.2) is 4.98 Å². The van der Waals surface area contributed by atoms with Crippen molar-refractivity contribution in [2.75, 3.05) is 11.9 Å². The Labute approximate surface area is 115 Å². The van der Waals surface area contributed by atoms with E-state index in [1.807, 2.05) is 38.1 Å². The van der Waals surface area contributed by atoms with E-state index < -0.39 is 0 Å². The van der Waals surface area contributed by atoms with E-state index in [2.05, 4.69) is 31.2 Å². The summed E-state index contributed by atoms with van der Waals surface area (Å²) in [6.07, 6.45) is 1.75. The van der Waals surface area contributed by atoms with E-state index in [-0.39, 0.29) is 0 Å². The fraction of sp³-hybridized carbons (Fsp3) is 0.231. The maximum absolute atomic E-state index is 5.76. The fourth-order valence-electron chi connectivity index (χ4n) is 1.42. The predicted octanol–water partition coefficient (Wildman–Crippen LogP) is 3.77. The van der Waals surface area contributed by atoms with Gasteiger partial charge in [0.25, 0.3) is 0 Å². The van der Waals surface area contributed by atoms with Crippen LogP contribution in [0, 0.1) is 6.92 Å². The number of rotatable bonds is 4. The fourth-order valence-corrected chi connectivity index (χ4v) is 1.79. The van der Waals surface area contributed by atoms with Gasteiger partial charge in [0.1, 0.15) is 5.75 Å². The molecule has 1 heterocycles. The summed E-state index contributed by atoms with van der Waals surface area (Å²) in [5, 5.41) is 3.06. The molecule has 0 aliphatic carbocycles. The molecule has 1 aromatic heterocycles. The largest absolute Gasteiger partial charge is 0.439 e. The molecule has 4 nitrogen and oxygen atoms in total. The number of aryl methyl sites for hydroxylation is 1. The first-order chi connectivity index (χ1) is 8.69. The van der Waals surface area contributed by atoms with E-state index in [9.17, 15) is 0 Å². The Bertz CT molecular complexity index is 546. The standard InChI is InChI=1S/C13H14BrN3O/c1-3-15-13-16-8-9(2)12(17-13)18-11-6-4-5-10(14)7-11/h4-8H,3H2,1-2H3,(H,15,16,17). The highest BCUT2D eigenvalue weighted by Crippen LogP contribution is 2.25. The zero-order valence-corrected chi connectivity index (χ0v) is 11.9. The molecule has 0 saturated carbocycles. The molecule has 0 unspecified atom stereocenters. The molecule has 18 heavy (non-hydrogen) atoms. The molecular formula is C13H14BrN3O. The maximum Gasteiger partial charge on any atom is 0.226 e. The Hall–Kier alpha value is -1.62. The monoisotopic (exact) mass is 307 g/mol. The van der Waals surface area contributed by atoms with Gasteiger partial charge in [-0.1, -0.05) is 22.0 Å². The number of nitrogens with zero attached hydrogens (tertiary/aromatic N) is 2. The number of aromatic nitrogens is 2. The predicted molar refractivity (Wildman–Crippen MR) is 75.1 cm³/mol. The lowest BCUT2D eigenvalue weighted by Gasteiger charge is -2.09. The van der Waals surface area contributed by atoms with Crippen LogP contribution in [0.2, 0.25) is 0 Å². The minimum atomic E-state index is 0.569. The molecular weight excluding hydrogens is 294 g/mol. The van der Waals surface area contributed by atoms with Gasteiger partial charge in [0.2, 0.25) is 11.8 Å². The average Bonchev–Trinajstić information content (AvgIpc) is 2.34. The quantitative estimate of drug-likeness (QED) is 0.934. The molecule has 0 fully saturated rings. The first kappa shape index (κ1) is 12.8. The lowest BCUT2D eigenvalue weighted by molar-refractivity contribution is 0.458. The first-order valence-electron chi connectivity index (χ1n) is 5.70. The molecule has 0 spiro atoms. The van der Waals surface area contributed by atoms with Crippen LogP contribution in [0.25, 0.3) is 0 Å². The highest BCUT2D eigenvalue weighted by Gasteiger charge is 2.06. The van der Waals surface area contributed by atoms with E-state index >= 15 is 0 Å². The molecule has 5 heteroatoms. The molecule has 0 radical (unpaired) electrons. The van der Waals surface area contributed by atoms with Crippen LogP contribution < -0.4 is 10.1 Å². The Balaban J connectivity index is 2.25. The Morgan fingerprint density at radius 1 is 1.39 bits per heavy atom. The molecule has 2 aromatic rings. The molecule has 94 valence electrons. The molecule has 2 rings (SSSR count). The van der Waals surface area contributed by atoms with Crippen LogP contribution in [0.1, 0.15) is 12.5 Å². The zero-order chi connectivity index (χ0) is 13.0. The Morgan fingerprint density at radius 3 is 2.94 bits per heavy atom. The van der Waals surface area contributed by atoms with Crippen LogP contribution >= 0.6 is 15.9 Å². The van der Waals surface area contributed by atoms with Crippen molar-refractivity contribution in [3.8, 4) is 11.6 Å². The number of halogens is 1. The van der Waals surface area contributed by atoms with Gasteiger partial charge in [0.05, 0.1) is 0 Å². The number of ether oxygens (including phenoxy) is 1. The van der Waals surface area contributed by atoms with Gasteiger partial charge >= 0.3 is 0 Å². The average molecular weight is 308 g/mol. The smallest absolute Gasteiger partial charge is 0.226 e. The van der Waals surface area contributed by atoms with E-state index in [0.717, 1.165) is 22.3 Å². The number of anilines is 1.